The van der Waals surface area contributed by atoms with Gasteiger partial charge in [0.15, 0.2) is 0 Å². The third-order valence-corrected chi connectivity index (χ3v) is 4.74. The maximum Gasteiger partial charge on any atom is 0.303 e. The molecular weight excluding hydrogens is 350 g/mol. The number of hydrogen-bond acceptors (Lipinski definition) is 2. The molecule has 4 heteroatoms. The number of amides is 1. The number of aryl methyl sites for hydroxylation is 1. The van der Waals surface area contributed by atoms with E-state index in [4.69, 9.17) is 5.11 Å². The third-order valence-electron chi connectivity index (χ3n) is 4.74. The lowest BCUT2D eigenvalue weighted by atomic mass is 9.98. The first-order chi connectivity index (χ1) is 13.6. The molecule has 3 aromatic carbocycles. The number of anilines is 1. The van der Waals surface area contributed by atoms with Gasteiger partial charge in [0, 0.05) is 24.7 Å². The largest absolute Gasteiger partial charge is 0.481 e. The highest BCUT2D eigenvalue weighted by molar-refractivity contribution is 6.10. The Morgan fingerprint density at radius 2 is 1.50 bits per heavy atom. The molecule has 0 aliphatic carbocycles. The van der Waals surface area contributed by atoms with E-state index in [2.05, 4.69) is 0 Å². The van der Waals surface area contributed by atoms with Gasteiger partial charge in [-0.3, -0.25) is 9.59 Å². The van der Waals surface area contributed by atoms with E-state index in [1.807, 2.05) is 78.9 Å². The van der Waals surface area contributed by atoms with E-state index >= 15 is 0 Å². The molecule has 0 heterocycles. The fourth-order valence-corrected chi connectivity index (χ4v) is 3.31. The molecule has 0 bridgehead atoms. The molecule has 0 aromatic heterocycles. The van der Waals surface area contributed by atoms with Gasteiger partial charge in [0.05, 0.1) is 0 Å². The van der Waals surface area contributed by atoms with E-state index < -0.39 is 5.97 Å². The molecule has 3 rings (SSSR count). The summed E-state index contributed by atoms with van der Waals surface area (Å²) in [7, 11) is 1.76. The minimum atomic E-state index is -0.807. The zero-order valence-corrected chi connectivity index (χ0v) is 15.8. The summed E-state index contributed by atoms with van der Waals surface area (Å²) in [4.78, 5) is 25.8. The monoisotopic (exact) mass is 373 g/mol. The van der Waals surface area contributed by atoms with Crippen molar-refractivity contribution in [2.75, 3.05) is 11.9 Å². The Morgan fingerprint density at radius 3 is 2.25 bits per heavy atom. The van der Waals surface area contributed by atoms with Crippen molar-refractivity contribution < 1.29 is 14.7 Å². The van der Waals surface area contributed by atoms with Crippen LogP contribution in [-0.4, -0.2) is 24.0 Å². The van der Waals surface area contributed by atoms with Crippen molar-refractivity contribution in [2.45, 2.75) is 19.3 Å². The van der Waals surface area contributed by atoms with Crippen LogP contribution >= 0.6 is 0 Å². The van der Waals surface area contributed by atoms with Gasteiger partial charge < -0.3 is 10.0 Å². The van der Waals surface area contributed by atoms with Gasteiger partial charge in [-0.2, -0.15) is 0 Å². The lowest BCUT2D eigenvalue weighted by molar-refractivity contribution is -0.137. The van der Waals surface area contributed by atoms with Gasteiger partial charge >= 0.3 is 5.97 Å². The standard InChI is InChI=1S/C24H23NO3/c1-25(22-16-8-5-12-19(22)13-9-17-23(26)27)24(28)21-15-7-6-14-20(21)18-10-3-2-4-11-18/h2-8,10-12,14-16H,9,13,17H2,1H3,(H,26,27). The molecule has 0 aliphatic rings. The number of carbonyl (C=O) groups is 2. The minimum Gasteiger partial charge on any atom is -0.481 e. The number of rotatable bonds is 7. The summed E-state index contributed by atoms with van der Waals surface area (Å²) in [6, 6.07) is 25.1. The second kappa shape index (κ2) is 9.00. The highest BCUT2D eigenvalue weighted by Crippen LogP contribution is 2.28. The van der Waals surface area contributed by atoms with E-state index in [-0.39, 0.29) is 12.3 Å². The molecule has 1 amide bonds. The zero-order valence-electron chi connectivity index (χ0n) is 15.8. The van der Waals surface area contributed by atoms with E-state index in [0.29, 0.717) is 18.4 Å². The first-order valence-electron chi connectivity index (χ1n) is 9.30. The van der Waals surface area contributed by atoms with Gasteiger partial charge in [0.25, 0.3) is 5.91 Å². The summed E-state index contributed by atoms with van der Waals surface area (Å²) in [6.07, 6.45) is 1.26. The summed E-state index contributed by atoms with van der Waals surface area (Å²) in [6.45, 7) is 0. The van der Waals surface area contributed by atoms with Gasteiger partial charge in [0.2, 0.25) is 0 Å². The van der Waals surface area contributed by atoms with Crippen LogP contribution in [-0.2, 0) is 11.2 Å². The Morgan fingerprint density at radius 1 is 0.857 bits per heavy atom. The number of aliphatic carboxylic acids is 1. The van der Waals surface area contributed by atoms with Crippen LogP contribution < -0.4 is 4.90 Å². The van der Waals surface area contributed by atoms with Crippen LogP contribution in [0.5, 0.6) is 0 Å². The van der Waals surface area contributed by atoms with Crippen LogP contribution in [0, 0.1) is 0 Å². The average molecular weight is 373 g/mol. The number of carboxylic acid groups (broad SMARTS) is 1. The number of benzene rings is 3. The Kier molecular flexibility index (Phi) is 6.22. The fraction of sp³-hybridized carbons (Fsp3) is 0.167. The summed E-state index contributed by atoms with van der Waals surface area (Å²) >= 11 is 0. The first kappa shape index (κ1) is 19.4. The normalized spacial score (nSPS) is 10.5. The van der Waals surface area contributed by atoms with Crippen molar-refractivity contribution in [2.24, 2.45) is 0 Å². The second-order valence-corrected chi connectivity index (χ2v) is 6.65. The topological polar surface area (TPSA) is 57.6 Å². The summed E-state index contributed by atoms with van der Waals surface area (Å²) < 4.78 is 0. The van der Waals surface area contributed by atoms with Gasteiger partial charge in [0.1, 0.15) is 0 Å². The van der Waals surface area contributed by atoms with Crippen molar-refractivity contribution in [1.82, 2.24) is 0 Å². The maximum atomic E-state index is 13.3. The number of hydrogen-bond donors (Lipinski definition) is 1. The molecule has 0 saturated heterocycles. The van der Waals surface area contributed by atoms with Gasteiger partial charge in [-0.1, -0.05) is 66.7 Å². The Hall–Kier alpha value is -3.40. The van der Waals surface area contributed by atoms with Crippen LogP contribution in [0.2, 0.25) is 0 Å². The van der Waals surface area contributed by atoms with Gasteiger partial charge in [-0.05, 0) is 41.7 Å². The predicted molar refractivity (Wildman–Crippen MR) is 112 cm³/mol. The molecule has 142 valence electrons. The van der Waals surface area contributed by atoms with Crippen LogP contribution in [0.1, 0.15) is 28.8 Å². The molecule has 28 heavy (non-hydrogen) atoms. The lowest BCUT2D eigenvalue weighted by Gasteiger charge is -2.22. The lowest BCUT2D eigenvalue weighted by Crippen LogP contribution is -2.27. The molecule has 0 fully saturated rings. The molecule has 0 radical (unpaired) electrons. The zero-order chi connectivity index (χ0) is 19.9. The Labute approximate surface area is 165 Å². The van der Waals surface area contributed by atoms with Crippen molar-refractivity contribution in [3.63, 3.8) is 0 Å². The van der Waals surface area contributed by atoms with E-state index in [1.165, 1.54) is 0 Å². The highest BCUT2D eigenvalue weighted by Gasteiger charge is 2.19. The Balaban J connectivity index is 1.90. The van der Waals surface area contributed by atoms with Gasteiger partial charge in [-0.15, -0.1) is 0 Å². The number of para-hydroxylation sites is 1. The predicted octanol–water partition coefficient (Wildman–Crippen LogP) is 5.04. The summed E-state index contributed by atoms with van der Waals surface area (Å²) in [5.74, 6) is -0.899. The molecule has 4 nitrogen and oxygen atoms in total. The molecule has 3 aromatic rings. The fourth-order valence-electron chi connectivity index (χ4n) is 3.31. The molecule has 0 unspecified atom stereocenters. The third kappa shape index (κ3) is 4.46. The van der Waals surface area contributed by atoms with Crippen LogP contribution in [0.15, 0.2) is 78.9 Å². The van der Waals surface area contributed by atoms with E-state index in [9.17, 15) is 9.59 Å². The maximum absolute atomic E-state index is 13.3. The molecule has 0 aliphatic heterocycles. The number of carboxylic acids is 1. The first-order valence-corrected chi connectivity index (χ1v) is 9.30. The summed E-state index contributed by atoms with van der Waals surface area (Å²) in [5.41, 5.74) is 4.30. The van der Waals surface area contributed by atoms with Crippen LogP contribution in [0.4, 0.5) is 5.69 Å². The molecule has 0 saturated carbocycles. The van der Waals surface area contributed by atoms with Crippen LogP contribution in [0.3, 0.4) is 0 Å². The molecule has 0 spiro atoms. The second-order valence-electron chi connectivity index (χ2n) is 6.65. The quantitative estimate of drug-likeness (QED) is 0.631. The summed E-state index contributed by atoms with van der Waals surface area (Å²) in [5, 5.41) is 8.88. The van der Waals surface area contributed by atoms with Crippen molar-refractivity contribution >= 4 is 17.6 Å². The SMILES string of the molecule is CN(C(=O)c1ccccc1-c1ccccc1)c1ccccc1CCCC(=O)O. The average Bonchev–Trinajstić information content (AvgIpc) is 2.73. The molecule has 1 N–H and O–H groups in total. The van der Waals surface area contributed by atoms with Crippen molar-refractivity contribution in [3.8, 4) is 11.1 Å². The van der Waals surface area contributed by atoms with Crippen molar-refractivity contribution in [1.29, 1.82) is 0 Å². The van der Waals surface area contributed by atoms with Crippen LogP contribution in [0.25, 0.3) is 11.1 Å². The number of nitrogens with zero attached hydrogens (tertiary/aromatic N) is 1. The smallest absolute Gasteiger partial charge is 0.303 e. The Bertz CT molecular complexity index is 966. The minimum absolute atomic E-state index is 0.0925. The highest BCUT2D eigenvalue weighted by atomic mass is 16.4. The van der Waals surface area contributed by atoms with E-state index in [0.717, 1.165) is 22.4 Å². The van der Waals surface area contributed by atoms with E-state index in [1.54, 1.807) is 11.9 Å². The molecular formula is C24H23NO3. The van der Waals surface area contributed by atoms with Crippen molar-refractivity contribution in [3.05, 3.63) is 90.0 Å². The molecule has 0 atom stereocenters. The number of carbonyl (C=O) groups excluding carboxylic acids is 1. The van der Waals surface area contributed by atoms with Gasteiger partial charge in [-0.25, -0.2) is 0 Å².